The van der Waals surface area contributed by atoms with Gasteiger partial charge >= 0.3 is 0 Å². The second-order valence-electron chi connectivity index (χ2n) is 7.45. The Hall–Kier alpha value is -3.00. The molecule has 1 aliphatic rings. The van der Waals surface area contributed by atoms with Crippen LogP contribution >= 0.6 is 0 Å². The molecule has 0 spiro atoms. The summed E-state index contributed by atoms with van der Waals surface area (Å²) in [4.78, 5) is 27.6. The minimum atomic E-state index is -0.396. The number of piperidine rings is 1. The van der Waals surface area contributed by atoms with Gasteiger partial charge < -0.3 is 14.6 Å². The Morgan fingerprint density at radius 1 is 1.24 bits per heavy atom. The summed E-state index contributed by atoms with van der Waals surface area (Å²) in [5.41, 5.74) is 1.20. The van der Waals surface area contributed by atoms with Gasteiger partial charge in [-0.05, 0) is 50.5 Å². The zero-order chi connectivity index (χ0) is 20.5. The van der Waals surface area contributed by atoms with Crippen LogP contribution in [-0.2, 0) is 17.9 Å². The molecule has 29 heavy (non-hydrogen) atoms. The maximum atomic E-state index is 13.2. The Labute approximate surface area is 167 Å². The van der Waals surface area contributed by atoms with Gasteiger partial charge in [-0.15, -0.1) is 0 Å². The summed E-state index contributed by atoms with van der Waals surface area (Å²) in [7, 11) is 0. The van der Waals surface area contributed by atoms with Crippen LogP contribution in [0.1, 0.15) is 31.7 Å². The maximum absolute atomic E-state index is 13.2. The van der Waals surface area contributed by atoms with Gasteiger partial charge in [0.05, 0.1) is 12.3 Å². The Morgan fingerprint density at radius 3 is 2.69 bits per heavy atom. The summed E-state index contributed by atoms with van der Waals surface area (Å²) in [6, 6.07) is 5.88. The monoisotopic (exact) mass is 398 g/mol. The van der Waals surface area contributed by atoms with Gasteiger partial charge in [0.1, 0.15) is 17.9 Å². The van der Waals surface area contributed by atoms with Crippen LogP contribution in [0.15, 0.2) is 41.5 Å². The van der Waals surface area contributed by atoms with Gasteiger partial charge in [0, 0.05) is 36.1 Å². The molecule has 0 unspecified atom stereocenters. The molecule has 0 saturated carbocycles. The first-order valence-electron chi connectivity index (χ1n) is 9.76. The van der Waals surface area contributed by atoms with E-state index in [1.165, 1.54) is 27.4 Å². The molecule has 0 aliphatic carbocycles. The van der Waals surface area contributed by atoms with E-state index in [9.17, 15) is 19.1 Å². The second kappa shape index (κ2) is 7.79. The number of nitrogens with zero attached hydrogens (tertiary/aromatic N) is 4. The van der Waals surface area contributed by atoms with Gasteiger partial charge in [0.25, 0.3) is 5.56 Å². The van der Waals surface area contributed by atoms with Gasteiger partial charge in [-0.25, -0.2) is 8.91 Å². The van der Waals surface area contributed by atoms with Crippen LogP contribution in [0.2, 0.25) is 0 Å². The Balaban J connectivity index is 1.72. The quantitative estimate of drug-likeness (QED) is 0.731. The third-order valence-electron chi connectivity index (χ3n) is 5.56. The van der Waals surface area contributed by atoms with Crippen LogP contribution < -0.4 is 5.56 Å². The molecule has 1 fully saturated rings. The van der Waals surface area contributed by atoms with E-state index in [0.717, 1.165) is 19.3 Å². The molecule has 1 N–H and O–H groups in total. The lowest BCUT2D eigenvalue weighted by Crippen LogP contribution is -2.44. The second-order valence-corrected chi connectivity index (χ2v) is 7.45. The van der Waals surface area contributed by atoms with Crippen LogP contribution in [-0.4, -0.2) is 42.7 Å². The molecule has 1 atom stereocenters. The van der Waals surface area contributed by atoms with Crippen LogP contribution in [0, 0.1) is 5.82 Å². The third kappa shape index (κ3) is 3.55. The predicted octanol–water partition coefficient (Wildman–Crippen LogP) is 2.20. The molecule has 3 heterocycles. The first-order valence-corrected chi connectivity index (χ1v) is 9.76. The molecule has 3 aromatic rings. The predicted molar refractivity (Wildman–Crippen MR) is 106 cm³/mol. The summed E-state index contributed by atoms with van der Waals surface area (Å²) in [5, 5.41) is 14.3. The Kier molecular flexibility index (Phi) is 5.19. The molecule has 7 nitrogen and oxygen atoms in total. The molecule has 1 aliphatic heterocycles. The van der Waals surface area contributed by atoms with Crippen molar-refractivity contribution in [2.75, 3.05) is 6.54 Å². The fourth-order valence-electron chi connectivity index (χ4n) is 3.97. The van der Waals surface area contributed by atoms with E-state index in [4.69, 9.17) is 0 Å². The van der Waals surface area contributed by atoms with Crippen molar-refractivity contribution in [1.82, 2.24) is 19.1 Å². The number of aliphatic hydroxyl groups is 1. The van der Waals surface area contributed by atoms with E-state index < -0.39 is 12.2 Å². The number of aliphatic hydroxyl groups excluding tert-OH is 1. The number of halogens is 1. The van der Waals surface area contributed by atoms with E-state index in [0.29, 0.717) is 23.4 Å². The van der Waals surface area contributed by atoms with Gasteiger partial charge in [-0.2, -0.15) is 5.10 Å². The smallest absolute Gasteiger partial charge is 0.277 e. The lowest BCUT2D eigenvalue weighted by atomic mass is 10.0. The minimum Gasteiger partial charge on any atom is -0.392 e. The summed E-state index contributed by atoms with van der Waals surface area (Å²) >= 11 is 0. The SMILES string of the molecule is C[C@@H]1CCCCN1C(=O)Cn1ccn2nc(-c3ccc(F)cc3)c(CO)c2c1=O. The number of rotatable bonds is 4. The van der Waals surface area contributed by atoms with Crippen LogP contribution in [0.5, 0.6) is 0 Å². The number of carbonyl (C=O) groups excluding carboxylic acids is 1. The van der Waals surface area contributed by atoms with E-state index in [2.05, 4.69) is 5.10 Å². The van der Waals surface area contributed by atoms with Crippen molar-refractivity contribution in [3.8, 4) is 11.3 Å². The fourth-order valence-corrected chi connectivity index (χ4v) is 3.97. The minimum absolute atomic E-state index is 0.0540. The molecular weight excluding hydrogens is 375 g/mol. The number of fused-ring (bicyclic) bond motifs is 1. The van der Waals surface area contributed by atoms with Gasteiger partial charge in [-0.3, -0.25) is 9.59 Å². The van der Waals surface area contributed by atoms with Gasteiger partial charge in [0.15, 0.2) is 0 Å². The topological polar surface area (TPSA) is 79.8 Å². The van der Waals surface area contributed by atoms with E-state index in [1.807, 2.05) is 11.8 Å². The van der Waals surface area contributed by atoms with Gasteiger partial charge in [0.2, 0.25) is 5.91 Å². The Morgan fingerprint density at radius 2 is 2.00 bits per heavy atom. The average Bonchev–Trinajstić information content (AvgIpc) is 3.10. The van der Waals surface area contributed by atoms with Crippen molar-refractivity contribution in [3.63, 3.8) is 0 Å². The molecule has 4 rings (SSSR count). The van der Waals surface area contributed by atoms with Crippen molar-refractivity contribution >= 4 is 11.4 Å². The van der Waals surface area contributed by atoms with Gasteiger partial charge in [-0.1, -0.05) is 0 Å². The van der Waals surface area contributed by atoms with Crippen molar-refractivity contribution in [2.45, 2.75) is 45.4 Å². The van der Waals surface area contributed by atoms with Crippen LogP contribution in [0.4, 0.5) is 4.39 Å². The fraction of sp³-hybridized carbons (Fsp3) is 0.381. The normalized spacial score (nSPS) is 17.1. The third-order valence-corrected chi connectivity index (χ3v) is 5.56. The number of benzene rings is 1. The average molecular weight is 398 g/mol. The summed E-state index contributed by atoms with van der Waals surface area (Å²) < 4.78 is 16.0. The number of amides is 1. The summed E-state index contributed by atoms with van der Waals surface area (Å²) in [6.07, 6.45) is 6.18. The molecule has 1 amide bonds. The van der Waals surface area contributed by atoms with E-state index in [-0.39, 0.29) is 29.8 Å². The maximum Gasteiger partial charge on any atom is 0.277 e. The summed E-state index contributed by atoms with van der Waals surface area (Å²) in [5.74, 6) is -0.469. The Bertz CT molecular complexity index is 1100. The zero-order valence-electron chi connectivity index (χ0n) is 16.2. The number of hydrogen-bond donors (Lipinski definition) is 1. The van der Waals surface area contributed by atoms with Crippen LogP contribution in [0.3, 0.4) is 0 Å². The largest absolute Gasteiger partial charge is 0.392 e. The van der Waals surface area contributed by atoms with Crippen molar-refractivity contribution < 1.29 is 14.3 Å². The zero-order valence-corrected chi connectivity index (χ0v) is 16.2. The molecule has 152 valence electrons. The lowest BCUT2D eigenvalue weighted by Gasteiger charge is -2.33. The lowest BCUT2D eigenvalue weighted by molar-refractivity contribution is -0.135. The highest BCUT2D eigenvalue weighted by molar-refractivity contribution is 5.77. The molecule has 1 saturated heterocycles. The first-order chi connectivity index (χ1) is 14.0. The van der Waals surface area contributed by atoms with Crippen LogP contribution in [0.25, 0.3) is 16.8 Å². The summed E-state index contributed by atoms with van der Waals surface area (Å²) in [6.45, 7) is 2.29. The molecule has 8 heteroatoms. The number of hydrogen-bond acceptors (Lipinski definition) is 4. The number of carbonyl (C=O) groups is 1. The molecule has 0 bridgehead atoms. The molecule has 2 aromatic heterocycles. The van der Waals surface area contributed by atoms with E-state index in [1.54, 1.807) is 18.3 Å². The highest BCUT2D eigenvalue weighted by Crippen LogP contribution is 2.25. The molecule has 1 aromatic carbocycles. The number of likely N-dealkylation sites (tertiary alicyclic amines) is 1. The van der Waals surface area contributed by atoms with E-state index >= 15 is 0 Å². The molecule has 0 radical (unpaired) electrons. The molecular formula is C21H23FN4O3. The van der Waals surface area contributed by atoms with Crippen molar-refractivity contribution in [1.29, 1.82) is 0 Å². The van der Waals surface area contributed by atoms with Crippen molar-refractivity contribution in [2.24, 2.45) is 0 Å². The standard InChI is InChI=1S/C21H23FN4O3/c1-14-4-2-3-9-25(14)18(28)12-24-10-11-26-20(21(24)29)17(13-27)19(23-26)15-5-7-16(22)8-6-15/h5-8,10-11,14,27H,2-4,9,12-13H2,1H3/t14-/m1/s1. The first kappa shape index (κ1) is 19.3. The highest BCUT2D eigenvalue weighted by atomic mass is 19.1. The highest BCUT2D eigenvalue weighted by Gasteiger charge is 2.24. The number of aromatic nitrogens is 3. The van der Waals surface area contributed by atoms with Crippen molar-refractivity contribution in [3.05, 3.63) is 58.4 Å².